The summed E-state index contributed by atoms with van der Waals surface area (Å²) in [7, 11) is 5.81. The highest BCUT2D eigenvalue weighted by atomic mass is 16.5. The van der Waals surface area contributed by atoms with Gasteiger partial charge in [-0.1, -0.05) is 24.3 Å². The molecule has 1 aliphatic rings. The van der Waals surface area contributed by atoms with E-state index in [1.165, 1.54) is 5.56 Å². The maximum atomic E-state index is 13.1. The van der Waals surface area contributed by atoms with Crippen molar-refractivity contribution in [3.8, 4) is 5.75 Å². The number of carbonyl (C=O) groups excluding carboxylic acids is 1. The number of amides is 1. The Morgan fingerprint density at radius 3 is 2.70 bits per heavy atom. The number of nitrogens with zero attached hydrogens (tertiary/aromatic N) is 4. The van der Waals surface area contributed by atoms with Crippen molar-refractivity contribution in [2.45, 2.75) is 19.4 Å². The zero-order valence-electron chi connectivity index (χ0n) is 18.5. The molecule has 162 valence electrons. The van der Waals surface area contributed by atoms with Crippen LogP contribution in [0.3, 0.4) is 0 Å². The molecule has 0 bridgehead atoms. The molecule has 2 aromatic rings. The van der Waals surface area contributed by atoms with E-state index in [1.54, 1.807) is 19.4 Å². The van der Waals surface area contributed by atoms with E-state index in [-0.39, 0.29) is 5.91 Å². The van der Waals surface area contributed by atoms with Crippen LogP contribution in [0.5, 0.6) is 5.75 Å². The minimum Gasteiger partial charge on any atom is -0.496 e. The zero-order valence-corrected chi connectivity index (χ0v) is 18.5. The monoisotopic (exact) mass is 410 g/mol. The molecule has 0 N–H and O–H groups in total. The summed E-state index contributed by atoms with van der Waals surface area (Å²) in [6.07, 6.45) is 3.99. The molecule has 3 rings (SSSR count). The average Bonchev–Trinajstić information content (AvgIpc) is 2.77. The first-order valence-electron chi connectivity index (χ1n) is 10.8. The Morgan fingerprint density at radius 1 is 1.17 bits per heavy atom. The van der Waals surface area contributed by atoms with E-state index in [0.717, 1.165) is 51.3 Å². The standard InChI is InChI=1S/C24H34N4O2/c1-26(2)15-16-28(24(29)22-11-6-7-13-25-22)18-20-9-8-14-27(17-20)19-21-10-4-5-12-23(21)30-3/h4-7,10-13,20H,8-9,14-19H2,1-3H3/t20-/m0/s1. The Morgan fingerprint density at radius 2 is 1.97 bits per heavy atom. The predicted molar refractivity (Wildman–Crippen MR) is 120 cm³/mol. The van der Waals surface area contributed by atoms with Crippen molar-refractivity contribution in [3.05, 3.63) is 59.9 Å². The highest BCUT2D eigenvalue weighted by molar-refractivity contribution is 5.92. The number of ether oxygens (including phenoxy) is 1. The number of carbonyl (C=O) groups is 1. The van der Waals surface area contributed by atoms with Gasteiger partial charge in [0, 0.05) is 44.5 Å². The van der Waals surface area contributed by atoms with E-state index in [1.807, 2.05) is 43.3 Å². The number of methoxy groups -OCH3 is 1. The molecule has 1 fully saturated rings. The second-order valence-electron chi connectivity index (χ2n) is 8.32. The van der Waals surface area contributed by atoms with Crippen LogP contribution in [0.4, 0.5) is 0 Å². The summed E-state index contributed by atoms with van der Waals surface area (Å²) in [4.78, 5) is 24.0. The molecule has 0 unspecified atom stereocenters. The Balaban J connectivity index is 1.65. The van der Waals surface area contributed by atoms with Crippen molar-refractivity contribution in [1.82, 2.24) is 19.7 Å². The first-order valence-corrected chi connectivity index (χ1v) is 10.8. The summed E-state index contributed by atoms with van der Waals surface area (Å²) in [6.45, 7) is 5.28. The van der Waals surface area contributed by atoms with Crippen molar-refractivity contribution in [3.63, 3.8) is 0 Å². The van der Waals surface area contributed by atoms with Crippen molar-refractivity contribution in [1.29, 1.82) is 0 Å². The molecule has 0 saturated carbocycles. The van der Waals surface area contributed by atoms with E-state index in [2.05, 4.69) is 26.9 Å². The number of likely N-dealkylation sites (N-methyl/N-ethyl adjacent to an activating group) is 1. The van der Waals surface area contributed by atoms with Crippen LogP contribution >= 0.6 is 0 Å². The molecule has 6 heteroatoms. The van der Waals surface area contributed by atoms with Crippen LogP contribution in [0.15, 0.2) is 48.7 Å². The largest absolute Gasteiger partial charge is 0.496 e. The molecule has 6 nitrogen and oxygen atoms in total. The van der Waals surface area contributed by atoms with Gasteiger partial charge in [-0.15, -0.1) is 0 Å². The van der Waals surface area contributed by atoms with E-state index in [0.29, 0.717) is 18.2 Å². The highest BCUT2D eigenvalue weighted by Crippen LogP contribution is 2.24. The maximum absolute atomic E-state index is 13.1. The molecule has 1 aromatic carbocycles. The number of aromatic nitrogens is 1. The molecule has 2 heterocycles. The summed E-state index contributed by atoms with van der Waals surface area (Å²) in [5, 5.41) is 0. The van der Waals surface area contributed by atoms with E-state index in [4.69, 9.17) is 4.74 Å². The van der Waals surface area contributed by atoms with Gasteiger partial charge >= 0.3 is 0 Å². The second-order valence-corrected chi connectivity index (χ2v) is 8.32. The highest BCUT2D eigenvalue weighted by Gasteiger charge is 2.26. The van der Waals surface area contributed by atoms with Crippen molar-refractivity contribution >= 4 is 5.91 Å². The van der Waals surface area contributed by atoms with Gasteiger partial charge in [-0.3, -0.25) is 14.7 Å². The Hall–Kier alpha value is -2.44. The molecule has 0 aliphatic carbocycles. The van der Waals surface area contributed by atoms with Gasteiger partial charge in [0.1, 0.15) is 11.4 Å². The summed E-state index contributed by atoms with van der Waals surface area (Å²) in [5.74, 6) is 1.43. The predicted octanol–water partition coefficient (Wildman–Crippen LogP) is 3.01. The molecule has 1 amide bonds. The van der Waals surface area contributed by atoms with Gasteiger partial charge in [0.15, 0.2) is 0 Å². The van der Waals surface area contributed by atoms with Gasteiger partial charge < -0.3 is 14.5 Å². The molecule has 1 atom stereocenters. The summed E-state index contributed by atoms with van der Waals surface area (Å²) < 4.78 is 5.52. The fourth-order valence-electron chi connectivity index (χ4n) is 4.08. The lowest BCUT2D eigenvalue weighted by Gasteiger charge is -2.36. The van der Waals surface area contributed by atoms with Gasteiger partial charge in [0.05, 0.1) is 7.11 Å². The van der Waals surface area contributed by atoms with Gasteiger partial charge in [0.2, 0.25) is 0 Å². The van der Waals surface area contributed by atoms with E-state index in [9.17, 15) is 4.79 Å². The number of likely N-dealkylation sites (tertiary alicyclic amines) is 1. The number of hydrogen-bond donors (Lipinski definition) is 0. The minimum atomic E-state index is 0.0271. The lowest BCUT2D eigenvalue weighted by molar-refractivity contribution is 0.0654. The molecule has 1 saturated heterocycles. The quantitative estimate of drug-likeness (QED) is 0.636. The third-order valence-electron chi connectivity index (χ3n) is 5.66. The number of piperidine rings is 1. The van der Waals surface area contributed by atoms with Crippen LogP contribution in [0.2, 0.25) is 0 Å². The van der Waals surface area contributed by atoms with Crippen LogP contribution in [0.1, 0.15) is 28.9 Å². The van der Waals surface area contributed by atoms with Gasteiger partial charge in [-0.05, 0) is 57.6 Å². The summed E-state index contributed by atoms with van der Waals surface area (Å²) in [5.41, 5.74) is 1.74. The second kappa shape index (κ2) is 11.1. The number of pyridine rings is 1. The molecule has 1 aromatic heterocycles. The fourth-order valence-corrected chi connectivity index (χ4v) is 4.08. The SMILES string of the molecule is COc1ccccc1CN1CCC[C@H](CN(CCN(C)C)C(=O)c2ccccn2)C1. The molecule has 30 heavy (non-hydrogen) atoms. The number of benzene rings is 1. The van der Waals surface area contributed by atoms with Gasteiger partial charge in [-0.2, -0.15) is 0 Å². The summed E-state index contributed by atoms with van der Waals surface area (Å²) in [6, 6.07) is 13.8. The fraction of sp³-hybridized carbons (Fsp3) is 0.500. The van der Waals surface area contributed by atoms with Crippen LogP contribution in [0, 0.1) is 5.92 Å². The van der Waals surface area contributed by atoms with E-state index >= 15 is 0 Å². The minimum absolute atomic E-state index is 0.0271. The van der Waals surface area contributed by atoms with Crippen LogP contribution < -0.4 is 4.74 Å². The molecule has 1 aliphatic heterocycles. The van der Waals surface area contributed by atoms with Crippen molar-refractivity contribution in [2.24, 2.45) is 5.92 Å². The Kier molecular flexibility index (Phi) is 8.22. The lowest BCUT2D eigenvalue weighted by Crippen LogP contribution is -2.44. The molecular weight excluding hydrogens is 376 g/mol. The first-order chi connectivity index (χ1) is 14.6. The summed E-state index contributed by atoms with van der Waals surface area (Å²) >= 11 is 0. The third kappa shape index (κ3) is 6.28. The number of para-hydroxylation sites is 1. The Labute approximate surface area is 180 Å². The molecule has 0 spiro atoms. The first kappa shape index (κ1) is 22.2. The maximum Gasteiger partial charge on any atom is 0.272 e. The molecule has 0 radical (unpaired) electrons. The normalized spacial score (nSPS) is 17.1. The van der Waals surface area contributed by atoms with Crippen molar-refractivity contribution in [2.75, 3.05) is 53.9 Å². The zero-order chi connectivity index (χ0) is 21.3. The smallest absolute Gasteiger partial charge is 0.272 e. The average molecular weight is 411 g/mol. The van der Waals surface area contributed by atoms with Crippen LogP contribution in [0.25, 0.3) is 0 Å². The number of hydrogen-bond acceptors (Lipinski definition) is 5. The van der Waals surface area contributed by atoms with Gasteiger partial charge in [0.25, 0.3) is 5.91 Å². The van der Waals surface area contributed by atoms with Crippen molar-refractivity contribution < 1.29 is 9.53 Å². The third-order valence-corrected chi connectivity index (χ3v) is 5.66. The topological polar surface area (TPSA) is 48.9 Å². The number of rotatable bonds is 9. The van der Waals surface area contributed by atoms with Gasteiger partial charge in [-0.25, -0.2) is 0 Å². The van der Waals surface area contributed by atoms with Crippen LogP contribution in [-0.4, -0.2) is 79.5 Å². The Bertz CT molecular complexity index is 797. The van der Waals surface area contributed by atoms with E-state index < -0.39 is 0 Å². The molecular formula is C24H34N4O2. The van der Waals surface area contributed by atoms with Crippen LogP contribution in [-0.2, 0) is 6.54 Å². The lowest BCUT2D eigenvalue weighted by atomic mass is 9.96.